The first-order valence-corrected chi connectivity index (χ1v) is 12.0. The molecule has 0 N–H and O–H groups in total. The van der Waals surface area contributed by atoms with E-state index in [-0.39, 0.29) is 17.3 Å². The lowest BCUT2D eigenvalue weighted by Crippen LogP contribution is -2.56. The van der Waals surface area contributed by atoms with Crippen molar-refractivity contribution in [3.05, 3.63) is 35.5 Å². The Balaban J connectivity index is 1.24. The number of aromatic nitrogens is 1. The van der Waals surface area contributed by atoms with Gasteiger partial charge in [-0.05, 0) is 93.4 Å². The third-order valence-corrected chi connectivity index (χ3v) is 8.50. The first kappa shape index (κ1) is 19.5. The van der Waals surface area contributed by atoms with Gasteiger partial charge in [0.25, 0.3) is 0 Å². The number of carbonyl (C=O) groups is 2. The lowest BCUT2D eigenvalue weighted by Gasteiger charge is -2.56. The topological polar surface area (TPSA) is 59.5 Å². The Morgan fingerprint density at radius 2 is 1.77 bits per heavy atom. The van der Waals surface area contributed by atoms with Gasteiger partial charge in [0.15, 0.2) is 5.75 Å². The number of esters is 1. The maximum atomic E-state index is 13.8. The molecule has 4 aliphatic carbocycles. The number of benzene rings is 1. The zero-order valence-electron chi connectivity index (χ0n) is 17.6. The molecular formula is C25H27ClN2O3. The Morgan fingerprint density at radius 1 is 1.06 bits per heavy atom. The molecule has 31 heavy (non-hydrogen) atoms. The fraction of sp³-hybridized carbons (Fsp3) is 0.560. The Morgan fingerprint density at radius 3 is 2.48 bits per heavy atom. The second kappa shape index (κ2) is 7.19. The molecule has 1 saturated heterocycles. The van der Waals surface area contributed by atoms with Gasteiger partial charge in [0, 0.05) is 18.1 Å². The number of likely N-dealkylation sites (tertiary alicyclic amines) is 1. The summed E-state index contributed by atoms with van der Waals surface area (Å²) in [6.45, 7) is 0.653. The van der Waals surface area contributed by atoms with Crippen molar-refractivity contribution in [2.24, 2.45) is 23.2 Å². The highest BCUT2D eigenvalue weighted by Gasteiger charge is 2.57. The first-order valence-electron chi connectivity index (χ1n) is 11.6. The molecule has 4 bridgehead atoms. The number of nitrogens with zero attached hydrogens (tertiary/aromatic N) is 2. The Hall–Kier alpha value is -2.14. The van der Waals surface area contributed by atoms with Gasteiger partial charge in [-0.1, -0.05) is 11.6 Å². The molecule has 1 aromatic heterocycles. The second-order valence-corrected chi connectivity index (χ2v) is 10.6. The van der Waals surface area contributed by atoms with Gasteiger partial charge >= 0.3 is 5.97 Å². The summed E-state index contributed by atoms with van der Waals surface area (Å²) >= 11 is 6.27. The van der Waals surface area contributed by atoms with Gasteiger partial charge in [0.2, 0.25) is 5.91 Å². The molecule has 5 fully saturated rings. The molecule has 7 rings (SSSR count). The van der Waals surface area contributed by atoms with E-state index in [2.05, 4.69) is 4.98 Å². The van der Waals surface area contributed by atoms with E-state index in [1.807, 2.05) is 17.0 Å². The van der Waals surface area contributed by atoms with Gasteiger partial charge in [-0.3, -0.25) is 9.78 Å². The summed E-state index contributed by atoms with van der Waals surface area (Å²) in [5, 5.41) is 1.32. The summed E-state index contributed by atoms with van der Waals surface area (Å²) in [4.78, 5) is 33.2. The van der Waals surface area contributed by atoms with E-state index in [1.54, 1.807) is 18.3 Å². The number of halogens is 1. The van der Waals surface area contributed by atoms with Gasteiger partial charge in [0.05, 0.1) is 10.4 Å². The molecule has 4 saturated carbocycles. The van der Waals surface area contributed by atoms with Crippen molar-refractivity contribution < 1.29 is 14.3 Å². The van der Waals surface area contributed by atoms with Crippen molar-refractivity contribution >= 4 is 34.4 Å². The average Bonchev–Trinajstić information content (AvgIpc) is 3.24. The Bertz CT molecular complexity index is 1030. The van der Waals surface area contributed by atoms with E-state index in [4.69, 9.17) is 16.3 Å². The highest BCUT2D eigenvalue weighted by atomic mass is 35.5. The van der Waals surface area contributed by atoms with E-state index in [9.17, 15) is 9.59 Å². The van der Waals surface area contributed by atoms with Crippen LogP contribution in [0.2, 0.25) is 5.02 Å². The van der Waals surface area contributed by atoms with Crippen LogP contribution in [0.25, 0.3) is 10.9 Å². The van der Waals surface area contributed by atoms with Crippen molar-refractivity contribution in [1.29, 1.82) is 0 Å². The van der Waals surface area contributed by atoms with Crippen molar-refractivity contribution in [2.75, 3.05) is 6.54 Å². The quantitative estimate of drug-likeness (QED) is 0.499. The van der Waals surface area contributed by atoms with Crippen molar-refractivity contribution in [3.8, 4) is 5.75 Å². The fourth-order valence-corrected chi connectivity index (χ4v) is 7.52. The number of fused-ring (bicyclic) bond motifs is 1. The molecule has 0 radical (unpaired) electrons. The van der Waals surface area contributed by atoms with E-state index >= 15 is 0 Å². The minimum absolute atomic E-state index is 0.213. The maximum absolute atomic E-state index is 13.8. The monoisotopic (exact) mass is 438 g/mol. The van der Waals surface area contributed by atoms with Crippen LogP contribution in [0.3, 0.4) is 0 Å². The minimum atomic E-state index is -0.505. The van der Waals surface area contributed by atoms with Crippen LogP contribution >= 0.6 is 11.6 Å². The summed E-state index contributed by atoms with van der Waals surface area (Å²) in [6.07, 6.45) is 10.1. The molecule has 2 heterocycles. The predicted molar refractivity (Wildman–Crippen MR) is 118 cm³/mol. The summed E-state index contributed by atoms with van der Waals surface area (Å²) in [5.41, 5.74) is 0.340. The normalized spacial score (nSPS) is 33.8. The molecule has 1 aliphatic heterocycles. The SMILES string of the molecule is O=C(Oc1ccc(Cl)c2cccnc12)C1CCCN1C(=O)C12CC3CC(CC(C3)C1)C2. The molecule has 0 spiro atoms. The molecule has 1 amide bonds. The fourth-order valence-electron chi connectivity index (χ4n) is 7.30. The summed E-state index contributed by atoms with van der Waals surface area (Å²) in [6, 6.07) is 6.58. The van der Waals surface area contributed by atoms with Crippen molar-refractivity contribution in [2.45, 2.75) is 57.4 Å². The third kappa shape index (κ3) is 3.15. The zero-order chi connectivity index (χ0) is 21.2. The summed E-state index contributed by atoms with van der Waals surface area (Å²) in [5.74, 6) is 2.37. The number of rotatable bonds is 3. The van der Waals surface area contributed by atoms with Crippen LogP contribution in [0, 0.1) is 23.2 Å². The minimum Gasteiger partial charge on any atom is -0.423 e. The number of carbonyl (C=O) groups excluding carboxylic acids is 2. The van der Waals surface area contributed by atoms with E-state index in [0.717, 1.165) is 31.1 Å². The molecule has 162 valence electrons. The van der Waals surface area contributed by atoms with Crippen LogP contribution < -0.4 is 4.74 Å². The van der Waals surface area contributed by atoms with Crippen LogP contribution in [0.1, 0.15) is 51.4 Å². The molecule has 6 heteroatoms. The highest BCUT2D eigenvalue weighted by molar-refractivity contribution is 6.35. The number of hydrogen-bond acceptors (Lipinski definition) is 4. The molecule has 1 aromatic carbocycles. The van der Waals surface area contributed by atoms with Crippen molar-refractivity contribution in [3.63, 3.8) is 0 Å². The van der Waals surface area contributed by atoms with Crippen LogP contribution in [-0.4, -0.2) is 34.3 Å². The van der Waals surface area contributed by atoms with Crippen LogP contribution in [0.5, 0.6) is 5.75 Å². The smallest absolute Gasteiger partial charge is 0.334 e. The van der Waals surface area contributed by atoms with Gasteiger partial charge in [-0.2, -0.15) is 0 Å². The Labute approximate surface area is 187 Å². The predicted octanol–water partition coefficient (Wildman–Crippen LogP) is 5.00. The third-order valence-electron chi connectivity index (χ3n) is 8.17. The van der Waals surface area contributed by atoms with Crippen LogP contribution in [0.4, 0.5) is 0 Å². The first-order chi connectivity index (χ1) is 15.0. The van der Waals surface area contributed by atoms with Gasteiger partial charge < -0.3 is 9.64 Å². The second-order valence-electron chi connectivity index (χ2n) is 10.2. The van der Waals surface area contributed by atoms with Gasteiger partial charge in [-0.25, -0.2) is 4.79 Å². The Kier molecular flexibility index (Phi) is 4.53. The number of pyridine rings is 1. The standard InChI is InChI=1S/C25H27ClN2O3/c26-19-5-6-21(22-18(19)3-1-7-27-22)31-23(29)20-4-2-8-28(20)24(30)25-12-15-9-16(13-25)11-17(10-15)14-25/h1,3,5-7,15-17,20H,2,4,8-14H2. The van der Waals surface area contributed by atoms with Crippen LogP contribution in [0.15, 0.2) is 30.5 Å². The lowest BCUT2D eigenvalue weighted by atomic mass is 9.49. The largest absolute Gasteiger partial charge is 0.423 e. The molecule has 1 atom stereocenters. The molecule has 5 nitrogen and oxygen atoms in total. The molecule has 5 aliphatic rings. The van der Waals surface area contributed by atoms with Gasteiger partial charge in [0.1, 0.15) is 11.6 Å². The number of amides is 1. The highest BCUT2D eigenvalue weighted by Crippen LogP contribution is 2.60. The van der Waals surface area contributed by atoms with Crippen molar-refractivity contribution in [1.82, 2.24) is 9.88 Å². The average molecular weight is 439 g/mol. The summed E-state index contributed by atoms with van der Waals surface area (Å²) < 4.78 is 5.81. The molecular weight excluding hydrogens is 412 g/mol. The van der Waals surface area contributed by atoms with E-state index in [1.165, 1.54) is 19.3 Å². The van der Waals surface area contributed by atoms with E-state index < -0.39 is 6.04 Å². The maximum Gasteiger partial charge on any atom is 0.334 e. The van der Waals surface area contributed by atoms with E-state index in [0.29, 0.717) is 47.0 Å². The lowest BCUT2D eigenvalue weighted by molar-refractivity contribution is -0.162. The number of hydrogen-bond donors (Lipinski definition) is 0. The number of ether oxygens (including phenoxy) is 1. The van der Waals surface area contributed by atoms with Crippen LogP contribution in [-0.2, 0) is 9.59 Å². The molecule has 1 unspecified atom stereocenters. The zero-order valence-corrected chi connectivity index (χ0v) is 18.3. The molecule has 2 aromatic rings. The van der Waals surface area contributed by atoms with Gasteiger partial charge in [-0.15, -0.1) is 0 Å². The summed E-state index contributed by atoms with van der Waals surface area (Å²) in [7, 11) is 0.